The summed E-state index contributed by atoms with van der Waals surface area (Å²) >= 11 is 0. The molecule has 0 spiro atoms. The molecule has 1 aromatic carbocycles. The molecule has 78 valence electrons. The molecule has 1 heterocycles. The normalized spacial score (nSPS) is 11.7. The highest BCUT2D eigenvalue weighted by Crippen LogP contribution is 2.32. The van der Waals surface area contributed by atoms with Crippen molar-refractivity contribution in [2.75, 3.05) is 0 Å². The summed E-state index contributed by atoms with van der Waals surface area (Å²) in [5.74, 6) is -4.70. The molecule has 0 aliphatic carbocycles. The molecule has 0 radical (unpaired) electrons. The maximum Gasteiger partial charge on any atom is 0.335 e. The monoisotopic (exact) mass is 214 g/mol. The predicted molar refractivity (Wildman–Crippen MR) is 43.7 cm³/mol. The van der Waals surface area contributed by atoms with Crippen LogP contribution in [0.25, 0.3) is 0 Å². The number of aromatic nitrogens is 2. The smallest absolute Gasteiger partial charge is 0.335 e. The molecule has 6 heteroatoms. The van der Waals surface area contributed by atoms with Gasteiger partial charge in [-0.05, 0) is 24.3 Å². The molecule has 0 aliphatic rings. The van der Waals surface area contributed by atoms with Crippen LogP contribution in [-0.2, 0) is 5.92 Å². The lowest BCUT2D eigenvalue weighted by molar-refractivity contribution is 0.0304. The molecule has 3 nitrogen and oxygen atoms in total. The van der Waals surface area contributed by atoms with Crippen LogP contribution in [-0.4, -0.2) is 10.1 Å². The van der Waals surface area contributed by atoms with Crippen LogP contribution in [0.3, 0.4) is 0 Å². The van der Waals surface area contributed by atoms with Crippen LogP contribution in [0.5, 0.6) is 0 Å². The summed E-state index contributed by atoms with van der Waals surface area (Å²) in [5.41, 5.74) is -0.384. The molecular formula is C9H5F3N2O. The van der Waals surface area contributed by atoms with Gasteiger partial charge in [-0.3, -0.25) is 0 Å². The third kappa shape index (κ3) is 1.70. The molecule has 15 heavy (non-hydrogen) atoms. The van der Waals surface area contributed by atoms with E-state index in [9.17, 15) is 13.2 Å². The number of halogens is 3. The zero-order chi connectivity index (χ0) is 10.9. The molecule has 0 fully saturated rings. The van der Waals surface area contributed by atoms with E-state index in [0.29, 0.717) is 0 Å². The first-order chi connectivity index (χ1) is 7.10. The van der Waals surface area contributed by atoms with E-state index in [0.717, 1.165) is 30.7 Å². The number of alkyl halides is 2. The van der Waals surface area contributed by atoms with Crippen molar-refractivity contribution >= 4 is 0 Å². The van der Waals surface area contributed by atoms with Gasteiger partial charge in [0, 0.05) is 5.56 Å². The summed E-state index contributed by atoms with van der Waals surface area (Å²) in [4.78, 5) is 3.27. The van der Waals surface area contributed by atoms with Crippen LogP contribution < -0.4 is 0 Å². The first-order valence-electron chi connectivity index (χ1n) is 4.01. The lowest BCUT2D eigenvalue weighted by atomic mass is 10.1. The van der Waals surface area contributed by atoms with Gasteiger partial charge in [0.25, 0.3) is 0 Å². The summed E-state index contributed by atoms with van der Waals surface area (Å²) in [6.45, 7) is 0. The molecule has 0 unspecified atom stereocenters. The van der Waals surface area contributed by atoms with Crippen molar-refractivity contribution in [1.82, 2.24) is 10.1 Å². The zero-order valence-corrected chi connectivity index (χ0v) is 7.32. The quantitative estimate of drug-likeness (QED) is 0.770. The number of hydrogen-bond acceptors (Lipinski definition) is 3. The number of hydrogen-bond donors (Lipinski definition) is 0. The van der Waals surface area contributed by atoms with Crippen LogP contribution in [0.1, 0.15) is 11.4 Å². The first kappa shape index (κ1) is 9.70. The van der Waals surface area contributed by atoms with Crippen molar-refractivity contribution in [3.8, 4) is 0 Å². The van der Waals surface area contributed by atoms with Crippen molar-refractivity contribution in [2.45, 2.75) is 5.92 Å². The molecule has 1 aromatic heterocycles. The Hall–Kier alpha value is -1.85. The lowest BCUT2D eigenvalue weighted by Gasteiger charge is -2.11. The fraction of sp³-hybridized carbons (Fsp3) is 0.111. The summed E-state index contributed by atoms with van der Waals surface area (Å²) in [7, 11) is 0. The Morgan fingerprint density at radius 3 is 2.33 bits per heavy atom. The second-order valence-electron chi connectivity index (χ2n) is 2.84. The van der Waals surface area contributed by atoms with E-state index in [4.69, 9.17) is 0 Å². The predicted octanol–water partition coefficient (Wildman–Crippen LogP) is 2.35. The van der Waals surface area contributed by atoms with E-state index in [2.05, 4.69) is 14.7 Å². The summed E-state index contributed by atoms with van der Waals surface area (Å²) in [5, 5.41) is 3.06. The highest BCUT2D eigenvalue weighted by molar-refractivity contribution is 5.25. The zero-order valence-electron chi connectivity index (χ0n) is 7.32. The molecule has 0 saturated heterocycles. The van der Waals surface area contributed by atoms with Gasteiger partial charge in [0.1, 0.15) is 5.82 Å². The van der Waals surface area contributed by atoms with Gasteiger partial charge in [0.05, 0.1) is 0 Å². The van der Waals surface area contributed by atoms with E-state index in [1.807, 2.05) is 0 Å². The van der Waals surface area contributed by atoms with Crippen molar-refractivity contribution in [2.24, 2.45) is 0 Å². The highest BCUT2D eigenvalue weighted by atomic mass is 19.3. The number of nitrogens with zero attached hydrogens (tertiary/aromatic N) is 2. The van der Waals surface area contributed by atoms with Gasteiger partial charge in [0.15, 0.2) is 0 Å². The average Bonchev–Trinajstić information content (AvgIpc) is 2.71. The van der Waals surface area contributed by atoms with Crippen LogP contribution in [0.2, 0.25) is 0 Å². The molecule has 0 aliphatic heterocycles. The van der Waals surface area contributed by atoms with Gasteiger partial charge >= 0.3 is 5.92 Å². The Kier molecular flexibility index (Phi) is 2.18. The van der Waals surface area contributed by atoms with Gasteiger partial charge in [-0.15, -0.1) is 0 Å². The van der Waals surface area contributed by atoms with E-state index in [1.54, 1.807) is 0 Å². The Balaban J connectivity index is 2.41. The summed E-state index contributed by atoms with van der Waals surface area (Å²) in [6, 6.07) is 3.85. The van der Waals surface area contributed by atoms with Gasteiger partial charge in [-0.2, -0.15) is 13.8 Å². The fourth-order valence-corrected chi connectivity index (χ4v) is 1.10. The number of benzene rings is 1. The molecule has 0 amide bonds. The third-order valence-corrected chi connectivity index (χ3v) is 1.85. The van der Waals surface area contributed by atoms with E-state index in [-0.39, 0.29) is 5.56 Å². The van der Waals surface area contributed by atoms with Gasteiger partial charge < -0.3 is 4.52 Å². The Morgan fingerprint density at radius 2 is 1.80 bits per heavy atom. The molecule has 2 rings (SSSR count). The third-order valence-electron chi connectivity index (χ3n) is 1.85. The first-order valence-corrected chi connectivity index (χ1v) is 4.01. The van der Waals surface area contributed by atoms with Crippen LogP contribution in [0.15, 0.2) is 35.2 Å². The minimum absolute atomic E-state index is 0.384. The summed E-state index contributed by atoms with van der Waals surface area (Å²) < 4.78 is 43.8. The maximum absolute atomic E-state index is 13.5. The van der Waals surface area contributed by atoms with Crippen LogP contribution in [0, 0.1) is 5.82 Å². The van der Waals surface area contributed by atoms with Crippen molar-refractivity contribution in [1.29, 1.82) is 0 Å². The van der Waals surface area contributed by atoms with Crippen molar-refractivity contribution in [3.63, 3.8) is 0 Å². The highest BCUT2D eigenvalue weighted by Gasteiger charge is 2.38. The summed E-state index contributed by atoms with van der Waals surface area (Å²) in [6.07, 6.45) is 0.812. The standard InChI is InChI=1S/C9H5F3N2O/c10-7-3-1-6(2-4-7)9(11,12)8-13-5-15-14-8/h1-5H. The van der Waals surface area contributed by atoms with Gasteiger partial charge in [0.2, 0.25) is 12.2 Å². The second-order valence-corrected chi connectivity index (χ2v) is 2.84. The molecule has 2 aromatic rings. The molecular weight excluding hydrogens is 209 g/mol. The van der Waals surface area contributed by atoms with Gasteiger partial charge in [-0.25, -0.2) is 4.39 Å². The van der Waals surface area contributed by atoms with Gasteiger partial charge in [-0.1, -0.05) is 5.16 Å². The van der Waals surface area contributed by atoms with E-state index < -0.39 is 17.6 Å². The molecule has 0 bridgehead atoms. The Bertz CT molecular complexity index is 439. The molecule has 0 saturated carbocycles. The van der Waals surface area contributed by atoms with E-state index in [1.165, 1.54) is 0 Å². The Labute approximate surface area is 82.5 Å². The topological polar surface area (TPSA) is 38.9 Å². The number of rotatable bonds is 2. The minimum Gasteiger partial charge on any atom is -0.343 e. The molecule has 0 atom stereocenters. The van der Waals surface area contributed by atoms with Crippen LogP contribution in [0.4, 0.5) is 13.2 Å². The largest absolute Gasteiger partial charge is 0.343 e. The van der Waals surface area contributed by atoms with Crippen molar-refractivity contribution in [3.05, 3.63) is 47.9 Å². The molecule has 0 N–H and O–H groups in total. The van der Waals surface area contributed by atoms with E-state index >= 15 is 0 Å². The minimum atomic E-state index is -3.37. The average molecular weight is 214 g/mol. The van der Waals surface area contributed by atoms with Crippen molar-refractivity contribution < 1.29 is 17.7 Å². The lowest BCUT2D eigenvalue weighted by Crippen LogP contribution is -2.17. The Morgan fingerprint density at radius 1 is 1.13 bits per heavy atom. The fourth-order valence-electron chi connectivity index (χ4n) is 1.10. The SMILES string of the molecule is Fc1ccc(C(F)(F)c2ncon2)cc1. The van der Waals surface area contributed by atoms with Crippen LogP contribution >= 0.6 is 0 Å². The maximum atomic E-state index is 13.5. The second kappa shape index (κ2) is 3.38.